The van der Waals surface area contributed by atoms with E-state index in [-0.39, 0.29) is 26.5 Å². The highest BCUT2D eigenvalue weighted by atomic mass is 35.5. The van der Waals surface area contributed by atoms with Gasteiger partial charge in [0.25, 0.3) is 5.91 Å². The summed E-state index contributed by atoms with van der Waals surface area (Å²) in [5.74, 6) is -0.885. The van der Waals surface area contributed by atoms with E-state index in [4.69, 9.17) is 11.6 Å². The summed E-state index contributed by atoms with van der Waals surface area (Å²) in [6, 6.07) is 7.37. The monoisotopic (exact) mass is 423 g/mol. The SMILES string of the molecule is Cc1cccc(S(=O)(=O)c2csc(NC(=O)c3cc(Cl)c(C)cc3O)n2)n1. The third-order valence-electron chi connectivity index (χ3n) is 3.64. The van der Waals surface area contributed by atoms with Crippen molar-refractivity contribution < 1.29 is 18.3 Å². The van der Waals surface area contributed by atoms with Crippen molar-refractivity contribution >= 4 is 43.8 Å². The van der Waals surface area contributed by atoms with Gasteiger partial charge in [0.05, 0.1) is 5.56 Å². The maximum Gasteiger partial charge on any atom is 0.261 e. The summed E-state index contributed by atoms with van der Waals surface area (Å²) in [6.07, 6.45) is 0. The molecule has 2 heterocycles. The van der Waals surface area contributed by atoms with Gasteiger partial charge in [0.2, 0.25) is 9.84 Å². The summed E-state index contributed by atoms with van der Waals surface area (Å²) in [7, 11) is -3.90. The molecule has 0 saturated heterocycles. The molecular weight excluding hydrogens is 410 g/mol. The van der Waals surface area contributed by atoms with Crippen LogP contribution in [0.25, 0.3) is 0 Å². The summed E-state index contributed by atoms with van der Waals surface area (Å²) in [5.41, 5.74) is 1.15. The molecule has 1 amide bonds. The number of rotatable bonds is 4. The number of pyridine rings is 1. The van der Waals surface area contributed by atoms with Crippen molar-refractivity contribution in [2.24, 2.45) is 0 Å². The lowest BCUT2D eigenvalue weighted by Crippen LogP contribution is -2.12. The van der Waals surface area contributed by atoms with Gasteiger partial charge in [-0.15, -0.1) is 11.3 Å². The van der Waals surface area contributed by atoms with Crippen molar-refractivity contribution in [3.8, 4) is 5.75 Å². The number of anilines is 1. The van der Waals surface area contributed by atoms with Gasteiger partial charge >= 0.3 is 0 Å². The average Bonchev–Trinajstić information content (AvgIpc) is 3.07. The number of hydrogen-bond acceptors (Lipinski definition) is 7. The molecule has 1 aromatic carbocycles. The number of aryl methyl sites for hydroxylation is 2. The second-order valence-electron chi connectivity index (χ2n) is 5.68. The van der Waals surface area contributed by atoms with Crippen molar-refractivity contribution in [1.29, 1.82) is 0 Å². The van der Waals surface area contributed by atoms with Crippen LogP contribution in [0.2, 0.25) is 5.02 Å². The van der Waals surface area contributed by atoms with E-state index in [9.17, 15) is 18.3 Å². The molecule has 3 aromatic rings. The number of benzene rings is 1. The van der Waals surface area contributed by atoms with E-state index in [1.165, 1.54) is 23.6 Å². The number of aromatic nitrogens is 2. The van der Waals surface area contributed by atoms with Crippen LogP contribution in [-0.2, 0) is 9.84 Å². The van der Waals surface area contributed by atoms with E-state index in [1.54, 1.807) is 26.0 Å². The molecule has 0 saturated carbocycles. The van der Waals surface area contributed by atoms with Crippen molar-refractivity contribution in [3.63, 3.8) is 0 Å². The van der Waals surface area contributed by atoms with Gasteiger partial charge in [-0.1, -0.05) is 17.7 Å². The largest absolute Gasteiger partial charge is 0.507 e. The Balaban J connectivity index is 1.86. The third kappa shape index (κ3) is 3.95. The lowest BCUT2D eigenvalue weighted by molar-refractivity contribution is 0.102. The highest BCUT2D eigenvalue weighted by Gasteiger charge is 2.24. The van der Waals surface area contributed by atoms with Crippen LogP contribution >= 0.6 is 22.9 Å². The number of aromatic hydroxyl groups is 1. The van der Waals surface area contributed by atoms with Gasteiger partial charge in [0.15, 0.2) is 15.2 Å². The van der Waals surface area contributed by atoms with Gasteiger partial charge in [-0.05, 0) is 43.7 Å². The van der Waals surface area contributed by atoms with Crippen LogP contribution in [0.3, 0.4) is 0 Å². The maximum absolute atomic E-state index is 12.6. The van der Waals surface area contributed by atoms with Crippen LogP contribution in [0.1, 0.15) is 21.6 Å². The highest BCUT2D eigenvalue weighted by molar-refractivity contribution is 7.91. The van der Waals surface area contributed by atoms with Crippen LogP contribution in [0, 0.1) is 13.8 Å². The lowest BCUT2D eigenvalue weighted by atomic mass is 10.1. The minimum absolute atomic E-state index is 0.0365. The van der Waals surface area contributed by atoms with Crippen molar-refractivity contribution in [2.45, 2.75) is 23.9 Å². The van der Waals surface area contributed by atoms with Gasteiger partial charge in [0, 0.05) is 16.1 Å². The minimum atomic E-state index is -3.90. The number of phenols is 1. The van der Waals surface area contributed by atoms with Crippen LogP contribution < -0.4 is 5.32 Å². The number of amides is 1. The molecular formula is C17H14ClN3O4S2. The Bertz CT molecular complexity index is 1140. The molecule has 0 fully saturated rings. The zero-order valence-electron chi connectivity index (χ0n) is 14.2. The number of nitrogens with zero attached hydrogens (tertiary/aromatic N) is 2. The number of thiazole rings is 1. The lowest BCUT2D eigenvalue weighted by Gasteiger charge is -2.07. The molecule has 0 radical (unpaired) electrons. The zero-order valence-corrected chi connectivity index (χ0v) is 16.6. The molecule has 3 rings (SSSR count). The minimum Gasteiger partial charge on any atom is -0.507 e. The Morgan fingerprint density at radius 1 is 1.19 bits per heavy atom. The van der Waals surface area contributed by atoms with E-state index in [1.807, 2.05) is 0 Å². The first-order chi connectivity index (χ1) is 12.7. The first kappa shape index (κ1) is 19.3. The molecule has 0 spiro atoms. The zero-order chi connectivity index (χ0) is 19.8. The molecule has 0 bridgehead atoms. The average molecular weight is 424 g/mol. The number of carbonyl (C=O) groups is 1. The molecule has 0 aliphatic rings. The summed E-state index contributed by atoms with van der Waals surface area (Å²) >= 11 is 6.93. The quantitative estimate of drug-likeness (QED) is 0.663. The number of halogens is 1. The standard InChI is InChI=1S/C17H14ClN3O4S2/c1-9-6-13(22)11(7-12(9)18)16(23)21-17-20-15(8-26-17)27(24,25)14-5-3-4-10(2)19-14/h3-8,22H,1-2H3,(H,20,21,23). The number of carbonyl (C=O) groups excluding carboxylic acids is 1. The van der Waals surface area contributed by atoms with Crippen LogP contribution in [-0.4, -0.2) is 29.4 Å². The number of nitrogens with one attached hydrogen (secondary N) is 1. The predicted molar refractivity (Wildman–Crippen MR) is 102 cm³/mol. The van der Waals surface area contributed by atoms with Gasteiger partial charge in [-0.2, -0.15) is 0 Å². The third-order valence-corrected chi connectivity index (χ3v) is 6.49. The van der Waals surface area contributed by atoms with Crippen molar-refractivity contribution in [2.75, 3.05) is 5.32 Å². The second-order valence-corrected chi connectivity index (χ2v) is 8.79. The smallest absolute Gasteiger partial charge is 0.261 e. The maximum atomic E-state index is 12.6. The van der Waals surface area contributed by atoms with E-state index in [2.05, 4.69) is 15.3 Å². The summed E-state index contributed by atoms with van der Waals surface area (Å²) in [6.45, 7) is 3.38. The van der Waals surface area contributed by atoms with E-state index in [0.717, 1.165) is 11.3 Å². The van der Waals surface area contributed by atoms with Crippen molar-refractivity contribution in [3.05, 3.63) is 57.6 Å². The van der Waals surface area contributed by atoms with E-state index >= 15 is 0 Å². The van der Waals surface area contributed by atoms with E-state index in [0.29, 0.717) is 16.3 Å². The number of phenolic OH excluding ortho intramolecular Hbond substituents is 1. The molecule has 0 aliphatic carbocycles. The molecule has 7 nitrogen and oxygen atoms in total. The summed E-state index contributed by atoms with van der Waals surface area (Å²) in [5, 5.41) is 13.8. The van der Waals surface area contributed by atoms with Gasteiger partial charge in [0.1, 0.15) is 5.75 Å². The Labute approximate surface area is 164 Å². The predicted octanol–water partition coefficient (Wildman–Crippen LogP) is 3.60. The summed E-state index contributed by atoms with van der Waals surface area (Å²) in [4.78, 5) is 20.3. The van der Waals surface area contributed by atoms with Gasteiger partial charge < -0.3 is 5.11 Å². The topological polar surface area (TPSA) is 109 Å². The first-order valence-electron chi connectivity index (χ1n) is 7.63. The molecule has 2 N–H and O–H groups in total. The molecule has 0 aliphatic heterocycles. The molecule has 2 aromatic heterocycles. The van der Waals surface area contributed by atoms with Gasteiger partial charge in [-0.25, -0.2) is 18.4 Å². The Morgan fingerprint density at radius 2 is 1.93 bits per heavy atom. The first-order valence-corrected chi connectivity index (χ1v) is 10.4. The highest BCUT2D eigenvalue weighted by Crippen LogP contribution is 2.28. The molecule has 0 atom stereocenters. The van der Waals surface area contributed by atoms with Gasteiger partial charge in [-0.3, -0.25) is 10.1 Å². The second kappa shape index (κ2) is 7.26. The fourth-order valence-corrected chi connectivity index (χ4v) is 4.62. The Hall–Kier alpha value is -2.49. The normalized spacial score (nSPS) is 11.4. The van der Waals surface area contributed by atoms with E-state index < -0.39 is 15.7 Å². The molecule has 0 unspecified atom stereocenters. The number of sulfone groups is 1. The molecule has 10 heteroatoms. The number of hydrogen-bond donors (Lipinski definition) is 2. The Morgan fingerprint density at radius 3 is 2.63 bits per heavy atom. The van der Waals surface area contributed by atoms with Crippen molar-refractivity contribution in [1.82, 2.24) is 9.97 Å². The fourth-order valence-electron chi connectivity index (χ4n) is 2.23. The van der Waals surface area contributed by atoms with Crippen LogP contribution in [0.5, 0.6) is 5.75 Å². The fraction of sp³-hybridized carbons (Fsp3) is 0.118. The van der Waals surface area contributed by atoms with Crippen LogP contribution in [0.4, 0.5) is 5.13 Å². The molecule has 27 heavy (non-hydrogen) atoms. The molecule has 140 valence electrons. The Kier molecular flexibility index (Phi) is 5.18. The van der Waals surface area contributed by atoms with Crippen LogP contribution in [0.15, 0.2) is 45.8 Å². The summed E-state index contributed by atoms with van der Waals surface area (Å²) < 4.78 is 25.2.